The molecule has 0 spiro atoms. The van der Waals surface area contributed by atoms with Crippen molar-refractivity contribution in [1.82, 2.24) is 15.5 Å². The first-order valence-corrected chi connectivity index (χ1v) is 6.37. The van der Waals surface area contributed by atoms with Gasteiger partial charge in [0.05, 0.1) is 12.5 Å². The SMILES string of the molecule is CC(CC1CCCN1)NC1CC(=O)N(C)C1=O. The molecule has 0 aromatic carbocycles. The van der Waals surface area contributed by atoms with Crippen LogP contribution in [-0.2, 0) is 9.59 Å². The van der Waals surface area contributed by atoms with Crippen LogP contribution in [0.2, 0.25) is 0 Å². The molecule has 0 aromatic rings. The maximum Gasteiger partial charge on any atom is 0.246 e. The molecule has 2 heterocycles. The summed E-state index contributed by atoms with van der Waals surface area (Å²) in [5, 5.41) is 6.70. The number of amides is 2. The van der Waals surface area contributed by atoms with Crippen LogP contribution >= 0.6 is 0 Å². The van der Waals surface area contributed by atoms with Gasteiger partial charge in [0.15, 0.2) is 0 Å². The molecule has 2 aliphatic heterocycles. The van der Waals surface area contributed by atoms with E-state index in [4.69, 9.17) is 0 Å². The highest BCUT2D eigenvalue weighted by Gasteiger charge is 2.36. The van der Waals surface area contributed by atoms with E-state index in [0.29, 0.717) is 12.5 Å². The quantitative estimate of drug-likeness (QED) is 0.671. The molecule has 5 nitrogen and oxygen atoms in total. The molecule has 2 saturated heterocycles. The highest BCUT2D eigenvalue weighted by Crippen LogP contribution is 2.14. The number of imide groups is 1. The van der Waals surface area contributed by atoms with E-state index in [1.54, 1.807) is 7.05 Å². The van der Waals surface area contributed by atoms with Gasteiger partial charge in [0.25, 0.3) is 0 Å². The van der Waals surface area contributed by atoms with E-state index in [1.807, 2.05) is 0 Å². The Morgan fingerprint density at radius 2 is 2.29 bits per heavy atom. The van der Waals surface area contributed by atoms with E-state index in [2.05, 4.69) is 17.6 Å². The van der Waals surface area contributed by atoms with E-state index < -0.39 is 0 Å². The number of likely N-dealkylation sites (N-methyl/N-ethyl adjacent to an activating group) is 1. The Bertz CT molecular complexity index is 313. The zero-order valence-electron chi connectivity index (χ0n) is 10.5. The number of nitrogens with one attached hydrogen (secondary N) is 2. The Kier molecular flexibility index (Phi) is 3.79. The lowest BCUT2D eigenvalue weighted by molar-refractivity contribution is -0.137. The van der Waals surface area contributed by atoms with E-state index >= 15 is 0 Å². The molecular formula is C12H21N3O2. The van der Waals surface area contributed by atoms with Crippen molar-refractivity contribution in [3.8, 4) is 0 Å². The van der Waals surface area contributed by atoms with Crippen LogP contribution in [0.3, 0.4) is 0 Å². The molecule has 0 aliphatic carbocycles. The summed E-state index contributed by atoms with van der Waals surface area (Å²) in [4.78, 5) is 24.3. The summed E-state index contributed by atoms with van der Waals surface area (Å²) in [5.74, 6) is -0.181. The van der Waals surface area contributed by atoms with Crippen LogP contribution in [0.15, 0.2) is 0 Å². The van der Waals surface area contributed by atoms with Gasteiger partial charge in [-0.25, -0.2) is 0 Å². The molecular weight excluding hydrogens is 218 g/mol. The first-order valence-electron chi connectivity index (χ1n) is 6.37. The third-order valence-corrected chi connectivity index (χ3v) is 3.67. The molecule has 2 N–H and O–H groups in total. The second kappa shape index (κ2) is 5.14. The Balaban J connectivity index is 1.80. The van der Waals surface area contributed by atoms with E-state index in [9.17, 15) is 9.59 Å². The second-order valence-corrected chi connectivity index (χ2v) is 5.14. The van der Waals surface area contributed by atoms with Gasteiger partial charge in [-0.3, -0.25) is 14.5 Å². The lowest BCUT2D eigenvalue weighted by atomic mass is 10.1. The monoisotopic (exact) mass is 239 g/mol. The van der Waals surface area contributed by atoms with Crippen LogP contribution in [0.5, 0.6) is 0 Å². The normalized spacial score (nSPS) is 31.3. The number of carbonyl (C=O) groups is 2. The average molecular weight is 239 g/mol. The molecule has 2 rings (SSSR count). The second-order valence-electron chi connectivity index (χ2n) is 5.14. The standard InChI is InChI=1S/C12H21N3O2/c1-8(6-9-4-3-5-13-9)14-10-7-11(16)15(2)12(10)17/h8-10,13-14H,3-7H2,1-2H3. The number of hydrogen-bond acceptors (Lipinski definition) is 4. The van der Waals surface area contributed by atoms with Crippen LogP contribution in [0.4, 0.5) is 0 Å². The van der Waals surface area contributed by atoms with Crippen molar-refractivity contribution in [2.24, 2.45) is 0 Å². The molecule has 96 valence electrons. The zero-order valence-corrected chi connectivity index (χ0v) is 10.5. The van der Waals surface area contributed by atoms with E-state index in [1.165, 1.54) is 17.7 Å². The van der Waals surface area contributed by atoms with Gasteiger partial charge in [-0.2, -0.15) is 0 Å². The molecule has 0 aromatic heterocycles. The van der Waals surface area contributed by atoms with E-state index in [-0.39, 0.29) is 23.9 Å². The summed E-state index contributed by atoms with van der Waals surface area (Å²) in [5.41, 5.74) is 0. The maximum absolute atomic E-state index is 11.7. The predicted molar refractivity (Wildman–Crippen MR) is 64.4 cm³/mol. The molecule has 5 heteroatoms. The summed E-state index contributed by atoms with van der Waals surface area (Å²) in [6, 6.07) is 0.505. The highest BCUT2D eigenvalue weighted by molar-refractivity contribution is 6.05. The minimum atomic E-state index is -0.316. The Hall–Kier alpha value is -0.940. The predicted octanol–water partition coefficient (Wildman–Crippen LogP) is -0.136. The largest absolute Gasteiger partial charge is 0.314 e. The van der Waals surface area contributed by atoms with Crippen molar-refractivity contribution < 1.29 is 9.59 Å². The van der Waals surface area contributed by atoms with Gasteiger partial charge in [-0.05, 0) is 32.7 Å². The van der Waals surface area contributed by atoms with Crippen molar-refractivity contribution >= 4 is 11.8 Å². The molecule has 2 fully saturated rings. The fourth-order valence-corrected chi connectivity index (χ4v) is 2.68. The summed E-state index contributed by atoms with van der Waals surface area (Å²) in [7, 11) is 1.55. The first-order chi connectivity index (χ1) is 8.08. The average Bonchev–Trinajstić information content (AvgIpc) is 2.85. The molecule has 2 amide bonds. The molecule has 0 radical (unpaired) electrons. The third-order valence-electron chi connectivity index (χ3n) is 3.67. The number of carbonyl (C=O) groups excluding carboxylic acids is 2. The molecule has 3 unspecified atom stereocenters. The Morgan fingerprint density at radius 3 is 2.82 bits per heavy atom. The van der Waals surface area contributed by atoms with Gasteiger partial charge in [-0.15, -0.1) is 0 Å². The van der Waals surface area contributed by atoms with Crippen LogP contribution in [0.1, 0.15) is 32.6 Å². The first kappa shape index (κ1) is 12.5. The van der Waals surface area contributed by atoms with Gasteiger partial charge >= 0.3 is 0 Å². The van der Waals surface area contributed by atoms with Crippen LogP contribution in [0.25, 0.3) is 0 Å². The van der Waals surface area contributed by atoms with Crippen molar-refractivity contribution in [3.63, 3.8) is 0 Å². The van der Waals surface area contributed by atoms with Gasteiger partial charge in [-0.1, -0.05) is 0 Å². The zero-order chi connectivity index (χ0) is 12.4. The molecule has 2 aliphatic rings. The Labute approximate surface area is 102 Å². The number of rotatable bonds is 4. The van der Waals surface area contributed by atoms with Crippen molar-refractivity contribution in [3.05, 3.63) is 0 Å². The van der Waals surface area contributed by atoms with Crippen molar-refractivity contribution in [2.45, 2.75) is 50.7 Å². The summed E-state index contributed by atoms with van der Waals surface area (Å²) in [6.45, 7) is 3.18. The van der Waals surface area contributed by atoms with Crippen molar-refractivity contribution in [1.29, 1.82) is 0 Å². The summed E-state index contributed by atoms with van der Waals surface area (Å²) >= 11 is 0. The fraction of sp³-hybridized carbons (Fsp3) is 0.833. The molecule has 17 heavy (non-hydrogen) atoms. The third kappa shape index (κ3) is 2.84. The minimum Gasteiger partial charge on any atom is -0.314 e. The van der Waals surface area contributed by atoms with Gasteiger partial charge < -0.3 is 10.6 Å². The lowest BCUT2D eigenvalue weighted by Gasteiger charge is -2.21. The summed E-state index contributed by atoms with van der Waals surface area (Å²) < 4.78 is 0. The minimum absolute atomic E-state index is 0.0845. The molecule has 0 saturated carbocycles. The fourth-order valence-electron chi connectivity index (χ4n) is 2.68. The van der Waals surface area contributed by atoms with E-state index in [0.717, 1.165) is 13.0 Å². The lowest BCUT2D eigenvalue weighted by Crippen LogP contribution is -2.44. The van der Waals surface area contributed by atoms with Gasteiger partial charge in [0.1, 0.15) is 0 Å². The molecule has 0 bridgehead atoms. The van der Waals surface area contributed by atoms with Crippen LogP contribution in [0, 0.1) is 0 Å². The highest BCUT2D eigenvalue weighted by atomic mass is 16.2. The van der Waals surface area contributed by atoms with Gasteiger partial charge in [0.2, 0.25) is 11.8 Å². The van der Waals surface area contributed by atoms with Gasteiger partial charge in [0, 0.05) is 19.1 Å². The molecule has 3 atom stereocenters. The number of hydrogen-bond donors (Lipinski definition) is 2. The number of nitrogens with zero attached hydrogens (tertiary/aromatic N) is 1. The topological polar surface area (TPSA) is 61.4 Å². The summed E-state index contributed by atoms with van der Waals surface area (Å²) in [6.07, 6.45) is 3.77. The smallest absolute Gasteiger partial charge is 0.246 e. The number of likely N-dealkylation sites (tertiary alicyclic amines) is 1. The maximum atomic E-state index is 11.7. The van der Waals surface area contributed by atoms with Crippen molar-refractivity contribution in [2.75, 3.05) is 13.6 Å². The Morgan fingerprint density at radius 1 is 1.53 bits per heavy atom. The van der Waals surface area contributed by atoms with Crippen LogP contribution in [-0.4, -0.2) is 48.4 Å². The van der Waals surface area contributed by atoms with Crippen LogP contribution < -0.4 is 10.6 Å².